The molecule has 0 radical (unpaired) electrons. The van der Waals surface area contributed by atoms with E-state index >= 15 is 0 Å². The van der Waals surface area contributed by atoms with Gasteiger partial charge in [-0.1, -0.05) is 18.2 Å². The van der Waals surface area contributed by atoms with Crippen molar-refractivity contribution in [3.05, 3.63) is 77.6 Å². The first-order valence-corrected chi connectivity index (χ1v) is 10.4. The Morgan fingerprint density at radius 3 is 2.78 bits per heavy atom. The molecule has 0 amide bonds. The van der Waals surface area contributed by atoms with E-state index in [1.807, 2.05) is 54.1 Å². The van der Waals surface area contributed by atoms with Crippen molar-refractivity contribution in [3.63, 3.8) is 0 Å². The van der Waals surface area contributed by atoms with Crippen molar-refractivity contribution in [2.45, 2.75) is 26.8 Å². The molecule has 7 nitrogen and oxygen atoms in total. The number of furan rings is 1. The summed E-state index contributed by atoms with van der Waals surface area (Å²) in [4.78, 5) is 13.4. The van der Waals surface area contributed by atoms with Crippen LogP contribution in [0.4, 0.5) is 0 Å². The van der Waals surface area contributed by atoms with Crippen molar-refractivity contribution < 1.29 is 9.15 Å². The Labute approximate surface area is 185 Å². The highest BCUT2D eigenvalue weighted by Crippen LogP contribution is 2.20. The van der Waals surface area contributed by atoms with Crippen LogP contribution in [-0.2, 0) is 6.54 Å². The molecule has 0 N–H and O–H groups in total. The highest BCUT2D eigenvalue weighted by atomic mass is 16.5. The minimum atomic E-state index is 0.391. The van der Waals surface area contributed by atoms with Crippen molar-refractivity contribution in [3.8, 4) is 17.7 Å². The van der Waals surface area contributed by atoms with E-state index in [2.05, 4.69) is 44.9 Å². The fourth-order valence-electron chi connectivity index (χ4n) is 3.51. The molecule has 0 aliphatic heterocycles. The van der Waals surface area contributed by atoms with E-state index in [0.717, 1.165) is 35.3 Å². The van der Waals surface area contributed by atoms with Crippen LogP contribution in [0.25, 0.3) is 22.1 Å². The zero-order chi connectivity index (χ0) is 21.9. The smallest absolute Gasteiger partial charge is 0.249 e. The molecular formula is C25H21N5O2. The highest BCUT2D eigenvalue weighted by Gasteiger charge is 2.10. The zero-order valence-corrected chi connectivity index (χ0v) is 17.9. The first-order valence-electron chi connectivity index (χ1n) is 10.4. The van der Waals surface area contributed by atoms with Gasteiger partial charge in [0.1, 0.15) is 11.1 Å². The predicted octanol–water partition coefficient (Wildman–Crippen LogP) is 4.45. The van der Waals surface area contributed by atoms with Crippen molar-refractivity contribution >= 4 is 22.1 Å². The second-order valence-electron chi connectivity index (χ2n) is 7.47. The number of fused-ring (bicyclic) bond motifs is 2. The van der Waals surface area contributed by atoms with Gasteiger partial charge in [-0.2, -0.15) is 5.10 Å². The lowest BCUT2D eigenvalue weighted by Crippen LogP contribution is -2.09. The first kappa shape index (κ1) is 19.8. The summed E-state index contributed by atoms with van der Waals surface area (Å²) in [5.41, 5.74) is 4.56. The number of para-hydroxylation sites is 1. The van der Waals surface area contributed by atoms with Crippen molar-refractivity contribution in [2.75, 3.05) is 6.61 Å². The molecule has 0 saturated carbocycles. The van der Waals surface area contributed by atoms with Crippen LogP contribution < -0.4 is 4.74 Å². The molecule has 0 atom stereocenters. The average Bonchev–Trinajstić information content (AvgIpc) is 3.36. The van der Waals surface area contributed by atoms with Crippen molar-refractivity contribution in [1.29, 1.82) is 0 Å². The molecule has 0 unspecified atom stereocenters. The second kappa shape index (κ2) is 8.52. The molecule has 0 aliphatic rings. The van der Waals surface area contributed by atoms with Gasteiger partial charge in [0.05, 0.1) is 12.3 Å². The van der Waals surface area contributed by atoms with Crippen LogP contribution in [0.15, 0.2) is 59.1 Å². The van der Waals surface area contributed by atoms with Gasteiger partial charge in [-0.25, -0.2) is 15.0 Å². The van der Waals surface area contributed by atoms with Gasteiger partial charge in [-0.05, 0) is 50.0 Å². The summed E-state index contributed by atoms with van der Waals surface area (Å²) in [5.74, 6) is 7.05. The monoisotopic (exact) mass is 423 g/mol. The second-order valence-corrected chi connectivity index (χ2v) is 7.47. The van der Waals surface area contributed by atoms with Gasteiger partial charge in [-0.3, -0.25) is 4.68 Å². The fourth-order valence-corrected chi connectivity index (χ4v) is 3.51. The number of nitrogens with zero attached hydrogens (tertiary/aromatic N) is 5. The number of aryl methyl sites for hydroxylation is 3. The number of hydrogen-bond acceptors (Lipinski definition) is 6. The van der Waals surface area contributed by atoms with E-state index in [1.165, 1.54) is 0 Å². The number of benzene rings is 1. The maximum absolute atomic E-state index is 5.99. The number of hydrogen-bond donors (Lipinski definition) is 0. The topological polar surface area (TPSA) is 78.9 Å². The summed E-state index contributed by atoms with van der Waals surface area (Å²) in [6, 6.07) is 15.4. The normalized spacial score (nSPS) is 10.9. The summed E-state index contributed by atoms with van der Waals surface area (Å²) >= 11 is 0. The van der Waals surface area contributed by atoms with Crippen molar-refractivity contribution in [2.24, 2.45) is 0 Å². The number of ether oxygens (including phenoxy) is 1. The van der Waals surface area contributed by atoms with E-state index in [1.54, 1.807) is 6.20 Å². The lowest BCUT2D eigenvalue weighted by Gasteiger charge is -2.08. The number of pyridine rings is 1. The quantitative estimate of drug-likeness (QED) is 0.307. The molecule has 7 heteroatoms. The zero-order valence-electron chi connectivity index (χ0n) is 17.9. The molecule has 0 aliphatic carbocycles. The number of rotatable bonds is 5. The molecule has 4 aromatic heterocycles. The van der Waals surface area contributed by atoms with Crippen LogP contribution in [-0.4, -0.2) is 31.3 Å². The fraction of sp³-hybridized carbons (Fsp3) is 0.200. The van der Waals surface area contributed by atoms with Gasteiger partial charge >= 0.3 is 0 Å². The minimum Gasteiger partial charge on any atom is -0.476 e. The highest BCUT2D eigenvalue weighted by molar-refractivity contribution is 5.78. The summed E-state index contributed by atoms with van der Waals surface area (Å²) in [5, 5.41) is 5.49. The Hall–Kier alpha value is -4.18. The Bertz CT molecular complexity index is 1440. The summed E-state index contributed by atoms with van der Waals surface area (Å²) in [7, 11) is 0. The van der Waals surface area contributed by atoms with E-state index in [0.29, 0.717) is 35.1 Å². The Kier molecular flexibility index (Phi) is 5.26. The SMILES string of the molecule is Cc1cc(C)n(CCCOc2nc3cccnc3nc2C#Cc2cc3ccccc3o2)n1. The van der Waals surface area contributed by atoms with Gasteiger partial charge in [0, 0.05) is 36.3 Å². The molecule has 158 valence electrons. The van der Waals surface area contributed by atoms with Crippen LogP contribution in [0.1, 0.15) is 29.3 Å². The van der Waals surface area contributed by atoms with Gasteiger partial charge in [-0.15, -0.1) is 0 Å². The molecule has 0 fully saturated rings. The van der Waals surface area contributed by atoms with Gasteiger partial charge in [0.2, 0.25) is 5.88 Å². The third-order valence-electron chi connectivity index (χ3n) is 4.99. The Morgan fingerprint density at radius 1 is 1.03 bits per heavy atom. The molecule has 5 aromatic rings. The van der Waals surface area contributed by atoms with E-state index in [-0.39, 0.29) is 0 Å². The Morgan fingerprint density at radius 2 is 1.94 bits per heavy atom. The summed E-state index contributed by atoms with van der Waals surface area (Å²) < 4.78 is 13.8. The van der Waals surface area contributed by atoms with E-state index < -0.39 is 0 Å². The Balaban J connectivity index is 1.38. The standard InChI is InChI=1S/C25H21N5O2/c1-17-15-18(2)30(29-17)13-6-14-31-25-22(27-24-21(28-25)8-5-12-26-24)11-10-20-16-19-7-3-4-9-23(19)32-20/h3-5,7-9,12,15-16H,6,13-14H2,1-2H3. The summed E-state index contributed by atoms with van der Waals surface area (Å²) in [6.45, 7) is 5.28. The van der Waals surface area contributed by atoms with Gasteiger partial charge < -0.3 is 9.15 Å². The average molecular weight is 423 g/mol. The molecule has 4 heterocycles. The summed E-state index contributed by atoms with van der Waals surface area (Å²) in [6.07, 6.45) is 2.47. The predicted molar refractivity (Wildman–Crippen MR) is 121 cm³/mol. The third-order valence-corrected chi connectivity index (χ3v) is 4.99. The maximum atomic E-state index is 5.99. The molecular weight excluding hydrogens is 402 g/mol. The molecule has 5 rings (SSSR count). The lowest BCUT2D eigenvalue weighted by atomic mass is 10.2. The molecule has 32 heavy (non-hydrogen) atoms. The third kappa shape index (κ3) is 4.16. The van der Waals surface area contributed by atoms with Crippen molar-refractivity contribution in [1.82, 2.24) is 24.7 Å². The van der Waals surface area contributed by atoms with Crippen LogP contribution in [0.2, 0.25) is 0 Å². The largest absolute Gasteiger partial charge is 0.476 e. The lowest BCUT2D eigenvalue weighted by molar-refractivity contribution is 0.286. The molecule has 0 saturated heterocycles. The van der Waals surface area contributed by atoms with Crippen LogP contribution in [0.3, 0.4) is 0 Å². The van der Waals surface area contributed by atoms with E-state index in [4.69, 9.17) is 9.15 Å². The van der Waals surface area contributed by atoms with Crippen LogP contribution in [0.5, 0.6) is 5.88 Å². The van der Waals surface area contributed by atoms with Crippen LogP contribution in [0, 0.1) is 25.7 Å². The minimum absolute atomic E-state index is 0.391. The van der Waals surface area contributed by atoms with Crippen LogP contribution >= 0.6 is 0 Å². The maximum Gasteiger partial charge on any atom is 0.249 e. The van der Waals surface area contributed by atoms with Gasteiger partial charge in [0.15, 0.2) is 17.1 Å². The molecule has 0 bridgehead atoms. The molecule has 1 aromatic carbocycles. The molecule has 0 spiro atoms. The van der Waals surface area contributed by atoms with Gasteiger partial charge in [0.25, 0.3) is 0 Å². The first-order chi connectivity index (χ1) is 15.7. The number of aromatic nitrogens is 5. The van der Waals surface area contributed by atoms with E-state index in [9.17, 15) is 0 Å².